The summed E-state index contributed by atoms with van der Waals surface area (Å²) < 4.78 is 5.52. The van der Waals surface area contributed by atoms with Gasteiger partial charge in [0.1, 0.15) is 17.2 Å². The van der Waals surface area contributed by atoms with Crippen molar-refractivity contribution in [3.8, 4) is 11.3 Å². The number of nitrogens with one attached hydrogen (secondary N) is 4. The van der Waals surface area contributed by atoms with E-state index in [9.17, 15) is 14.4 Å². The third kappa shape index (κ3) is 8.25. The van der Waals surface area contributed by atoms with Gasteiger partial charge in [-0.15, -0.1) is 0 Å². The maximum Gasteiger partial charge on any atom is 0.410 e. The van der Waals surface area contributed by atoms with E-state index in [0.29, 0.717) is 48.8 Å². The number of piperazine rings is 1. The van der Waals surface area contributed by atoms with Crippen molar-refractivity contribution >= 4 is 29.9 Å². The highest BCUT2D eigenvalue weighted by atomic mass is 16.6. The molecule has 45 heavy (non-hydrogen) atoms. The van der Waals surface area contributed by atoms with Gasteiger partial charge in [-0.2, -0.15) is 0 Å². The van der Waals surface area contributed by atoms with E-state index in [0.717, 1.165) is 35.3 Å². The third-order valence-electron chi connectivity index (χ3n) is 7.66. The van der Waals surface area contributed by atoms with Crippen LogP contribution in [0.2, 0.25) is 0 Å². The standard InChI is InChI=1S/C33H44N8O4/c1-8-21(3)37-29-25(18-34)24(30(42)36-19-26-20(2)15-22(4)38-31(26)43)17-27(39-29)23-9-10-35-28(16-23)40-11-13-41(14-12-40)32(44)45-33(5,6)7/h9-10,15-18,21,34H,8,11-14,19H2,1-7H3,(H,36,42)(H,37,39)(H,38,43). The van der Waals surface area contributed by atoms with Crippen molar-refractivity contribution in [2.45, 2.75) is 73.1 Å². The number of nitrogens with zero attached hydrogens (tertiary/aromatic N) is 4. The van der Waals surface area contributed by atoms with Crippen LogP contribution in [0.4, 0.5) is 16.4 Å². The molecule has 0 radical (unpaired) electrons. The van der Waals surface area contributed by atoms with Crippen LogP contribution in [0.3, 0.4) is 0 Å². The summed E-state index contributed by atoms with van der Waals surface area (Å²) in [4.78, 5) is 54.7. The Hall–Kier alpha value is -4.74. The fraction of sp³-hybridized carbons (Fsp3) is 0.455. The minimum absolute atomic E-state index is 0.0399. The van der Waals surface area contributed by atoms with Crippen LogP contribution in [0.25, 0.3) is 11.3 Å². The maximum absolute atomic E-state index is 13.6. The SMILES string of the molecule is CCC(C)Nc1nc(-c2ccnc(N3CCN(C(=O)OC(C)(C)C)CC3)c2)cc(C(=O)NCc2c(C)cc(C)[nH]c2=O)c1C=N. The molecule has 0 aliphatic carbocycles. The lowest BCUT2D eigenvalue weighted by Gasteiger charge is -2.36. The normalized spacial score (nSPS) is 14.1. The van der Waals surface area contributed by atoms with Crippen molar-refractivity contribution in [1.82, 2.24) is 25.2 Å². The molecular formula is C33H44N8O4. The van der Waals surface area contributed by atoms with Crippen LogP contribution in [0.15, 0.2) is 35.3 Å². The zero-order valence-electron chi connectivity index (χ0n) is 27.2. The Bertz CT molecular complexity index is 1620. The molecule has 12 nitrogen and oxygen atoms in total. The fourth-order valence-corrected chi connectivity index (χ4v) is 5.04. The van der Waals surface area contributed by atoms with Crippen molar-refractivity contribution in [3.05, 3.63) is 68.8 Å². The Labute approximate surface area is 264 Å². The average molecular weight is 617 g/mol. The van der Waals surface area contributed by atoms with Gasteiger partial charge >= 0.3 is 6.09 Å². The van der Waals surface area contributed by atoms with Crippen LogP contribution in [0.5, 0.6) is 0 Å². The number of ether oxygens (including phenoxy) is 1. The van der Waals surface area contributed by atoms with Gasteiger partial charge in [0.15, 0.2) is 0 Å². The van der Waals surface area contributed by atoms with Gasteiger partial charge < -0.3 is 35.6 Å². The first-order chi connectivity index (χ1) is 21.3. The minimum Gasteiger partial charge on any atom is -0.444 e. The van der Waals surface area contributed by atoms with E-state index in [-0.39, 0.29) is 29.8 Å². The van der Waals surface area contributed by atoms with E-state index in [1.54, 1.807) is 17.2 Å². The fourth-order valence-electron chi connectivity index (χ4n) is 5.04. The Kier molecular flexibility index (Phi) is 10.3. The average Bonchev–Trinajstić information content (AvgIpc) is 2.99. The van der Waals surface area contributed by atoms with Gasteiger partial charge in [-0.1, -0.05) is 6.92 Å². The summed E-state index contributed by atoms with van der Waals surface area (Å²) in [7, 11) is 0. The number of aryl methyl sites for hydroxylation is 2. The molecule has 1 aliphatic heterocycles. The molecule has 3 aromatic heterocycles. The highest BCUT2D eigenvalue weighted by molar-refractivity contribution is 6.05. The molecule has 1 atom stereocenters. The molecule has 4 rings (SSSR count). The molecule has 1 fully saturated rings. The monoisotopic (exact) mass is 616 g/mol. The molecule has 0 spiro atoms. The molecule has 4 heterocycles. The molecule has 0 bridgehead atoms. The number of amides is 2. The molecule has 4 N–H and O–H groups in total. The van der Waals surface area contributed by atoms with Crippen LogP contribution >= 0.6 is 0 Å². The predicted octanol–water partition coefficient (Wildman–Crippen LogP) is 4.64. The summed E-state index contributed by atoms with van der Waals surface area (Å²) in [5.41, 5.74) is 3.13. The summed E-state index contributed by atoms with van der Waals surface area (Å²) >= 11 is 0. The van der Waals surface area contributed by atoms with Crippen molar-refractivity contribution in [1.29, 1.82) is 5.41 Å². The topological polar surface area (TPSA) is 156 Å². The molecule has 1 aliphatic rings. The number of aromatic amines is 1. The maximum atomic E-state index is 13.6. The molecule has 12 heteroatoms. The summed E-state index contributed by atoms with van der Waals surface area (Å²) in [5, 5.41) is 14.4. The quantitative estimate of drug-likeness (QED) is 0.253. The summed E-state index contributed by atoms with van der Waals surface area (Å²) in [6, 6.07) is 7.33. The molecule has 0 aromatic carbocycles. The van der Waals surface area contributed by atoms with E-state index in [4.69, 9.17) is 15.1 Å². The predicted molar refractivity (Wildman–Crippen MR) is 176 cm³/mol. The van der Waals surface area contributed by atoms with Crippen molar-refractivity contribution < 1.29 is 14.3 Å². The van der Waals surface area contributed by atoms with Crippen molar-refractivity contribution in [2.75, 3.05) is 36.4 Å². The minimum atomic E-state index is -0.556. The molecule has 3 aromatic rings. The van der Waals surface area contributed by atoms with Gasteiger partial charge in [-0.3, -0.25) is 9.59 Å². The van der Waals surface area contributed by atoms with Crippen LogP contribution < -0.4 is 21.1 Å². The van der Waals surface area contributed by atoms with Gasteiger partial charge in [0.25, 0.3) is 11.5 Å². The highest BCUT2D eigenvalue weighted by Gasteiger charge is 2.27. The highest BCUT2D eigenvalue weighted by Crippen LogP contribution is 2.28. The molecule has 1 saturated heterocycles. The number of carbonyl (C=O) groups is 2. The number of hydrogen-bond donors (Lipinski definition) is 4. The van der Waals surface area contributed by atoms with Crippen LogP contribution in [-0.2, 0) is 11.3 Å². The first-order valence-corrected chi connectivity index (χ1v) is 15.3. The second-order valence-corrected chi connectivity index (χ2v) is 12.4. The molecular weight excluding hydrogens is 572 g/mol. The van der Waals surface area contributed by atoms with Crippen molar-refractivity contribution in [2.24, 2.45) is 0 Å². The van der Waals surface area contributed by atoms with E-state index in [2.05, 4.69) is 25.5 Å². The summed E-state index contributed by atoms with van der Waals surface area (Å²) in [6.07, 6.45) is 3.32. The zero-order chi connectivity index (χ0) is 32.9. The van der Waals surface area contributed by atoms with E-state index < -0.39 is 11.5 Å². The van der Waals surface area contributed by atoms with Crippen molar-refractivity contribution in [3.63, 3.8) is 0 Å². The van der Waals surface area contributed by atoms with Crippen LogP contribution in [0, 0.1) is 19.3 Å². The Morgan fingerprint density at radius 1 is 1.16 bits per heavy atom. The molecule has 0 saturated carbocycles. The number of aromatic nitrogens is 3. The first-order valence-electron chi connectivity index (χ1n) is 15.3. The number of pyridine rings is 3. The molecule has 240 valence electrons. The second kappa shape index (κ2) is 13.9. The smallest absolute Gasteiger partial charge is 0.410 e. The van der Waals surface area contributed by atoms with E-state index in [1.807, 2.05) is 66.7 Å². The largest absolute Gasteiger partial charge is 0.444 e. The van der Waals surface area contributed by atoms with Gasteiger partial charge in [-0.25, -0.2) is 14.8 Å². The number of H-pyrrole nitrogens is 1. The number of rotatable bonds is 9. The lowest BCUT2D eigenvalue weighted by Crippen LogP contribution is -2.50. The van der Waals surface area contributed by atoms with E-state index in [1.165, 1.54) is 0 Å². The van der Waals surface area contributed by atoms with Gasteiger partial charge in [0.2, 0.25) is 0 Å². The van der Waals surface area contributed by atoms with E-state index >= 15 is 0 Å². The Morgan fingerprint density at radius 2 is 1.87 bits per heavy atom. The number of anilines is 2. The lowest BCUT2D eigenvalue weighted by atomic mass is 10.0. The lowest BCUT2D eigenvalue weighted by molar-refractivity contribution is 0.0240. The summed E-state index contributed by atoms with van der Waals surface area (Å²) in [6.45, 7) is 15.5. The Morgan fingerprint density at radius 3 is 2.49 bits per heavy atom. The zero-order valence-corrected chi connectivity index (χ0v) is 27.2. The number of carbonyl (C=O) groups excluding carboxylic acids is 2. The van der Waals surface area contributed by atoms with Gasteiger partial charge in [-0.05, 0) is 77.8 Å². The molecule has 1 unspecified atom stereocenters. The summed E-state index contributed by atoms with van der Waals surface area (Å²) in [5.74, 6) is 0.734. The Balaban J connectivity index is 1.62. The molecule has 2 amide bonds. The third-order valence-corrected chi connectivity index (χ3v) is 7.66. The van der Waals surface area contributed by atoms with Crippen LogP contribution in [-0.4, -0.2) is 75.9 Å². The number of hydrogen-bond acceptors (Lipinski definition) is 9. The second-order valence-electron chi connectivity index (χ2n) is 12.4. The first kappa shape index (κ1) is 33.2. The van der Waals surface area contributed by atoms with Gasteiger partial charge in [0, 0.05) is 73.6 Å². The van der Waals surface area contributed by atoms with Gasteiger partial charge in [0.05, 0.1) is 11.3 Å². The van der Waals surface area contributed by atoms with Crippen LogP contribution in [0.1, 0.15) is 73.8 Å².